The zero-order valence-electron chi connectivity index (χ0n) is 16.7. The Morgan fingerprint density at radius 2 is 1.84 bits per heavy atom. The number of halogens is 3. The summed E-state index contributed by atoms with van der Waals surface area (Å²) in [6.07, 6.45) is -2.98. The Hall–Kier alpha value is -3.66. The van der Waals surface area contributed by atoms with Crippen LogP contribution in [0.3, 0.4) is 0 Å². The number of imidazole rings is 1. The van der Waals surface area contributed by atoms with Crippen LogP contribution >= 0.6 is 0 Å². The molecule has 3 N–H and O–H groups in total. The molecule has 2 heterocycles. The number of aryl methyl sites for hydroxylation is 1. The topological polar surface area (TPSA) is 87.8 Å². The average Bonchev–Trinajstić information content (AvgIpc) is 3.10. The molecule has 7 nitrogen and oxygen atoms in total. The van der Waals surface area contributed by atoms with Gasteiger partial charge < -0.3 is 20.4 Å². The molecule has 2 aromatic carbocycles. The molecular formula is C21H19F3N6O. The summed E-state index contributed by atoms with van der Waals surface area (Å²) >= 11 is 0. The number of aromatic nitrogens is 4. The van der Waals surface area contributed by atoms with Gasteiger partial charge in [0.2, 0.25) is 11.8 Å². The normalized spacial score (nSPS) is 11.6. The summed E-state index contributed by atoms with van der Waals surface area (Å²) in [5.41, 5.74) is 1.70. The van der Waals surface area contributed by atoms with Crippen LogP contribution in [0.15, 0.2) is 48.8 Å². The van der Waals surface area contributed by atoms with E-state index in [0.717, 1.165) is 11.8 Å². The first-order chi connectivity index (χ1) is 14.8. The number of anilines is 2. The molecule has 0 fully saturated rings. The van der Waals surface area contributed by atoms with E-state index < -0.39 is 11.7 Å². The van der Waals surface area contributed by atoms with E-state index in [0.29, 0.717) is 35.3 Å². The van der Waals surface area contributed by atoms with E-state index in [4.69, 9.17) is 4.74 Å². The van der Waals surface area contributed by atoms with E-state index in [2.05, 4.69) is 30.6 Å². The number of rotatable bonds is 6. The van der Waals surface area contributed by atoms with E-state index in [1.807, 2.05) is 7.05 Å². The van der Waals surface area contributed by atoms with Crippen LogP contribution in [-0.2, 0) is 12.7 Å². The minimum atomic E-state index is -4.42. The van der Waals surface area contributed by atoms with Crippen molar-refractivity contribution in [3.05, 3.63) is 65.6 Å². The summed E-state index contributed by atoms with van der Waals surface area (Å²) in [6, 6.07) is 11.3. The lowest BCUT2D eigenvalue weighted by atomic mass is 10.1. The van der Waals surface area contributed by atoms with Crippen LogP contribution in [-0.4, -0.2) is 27.0 Å². The van der Waals surface area contributed by atoms with Gasteiger partial charge in [-0.05, 0) is 55.9 Å². The molecule has 31 heavy (non-hydrogen) atoms. The van der Waals surface area contributed by atoms with Gasteiger partial charge in [-0.15, -0.1) is 0 Å². The van der Waals surface area contributed by atoms with Gasteiger partial charge in [-0.3, -0.25) is 0 Å². The van der Waals surface area contributed by atoms with Gasteiger partial charge >= 0.3 is 6.18 Å². The quantitative estimate of drug-likeness (QED) is 0.403. The van der Waals surface area contributed by atoms with Gasteiger partial charge in [-0.25, -0.2) is 15.0 Å². The lowest BCUT2D eigenvalue weighted by Crippen LogP contribution is -2.07. The van der Waals surface area contributed by atoms with Crippen molar-refractivity contribution in [3.63, 3.8) is 0 Å². The molecule has 2 aromatic heterocycles. The second-order valence-electron chi connectivity index (χ2n) is 6.90. The van der Waals surface area contributed by atoms with Gasteiger partial charge in [0.1, 0.15) is 12.1 Å². The molecule has 0 aliphatic carbocycles. The minimum Gasteiger partial charge on any atom is -0.439 e. The fourth-order valence-electron chi connectivity index (χ4n) is 3.10. The largest absolute Gasteiger partial charge is 0.439 e. The first-order valence-electron chi connectivity index (χ1n) is 9.40. The second kappa shape index (κ2) is 8.23. The van der Waals surface area contributed by atoms with Crippen LogP contribution < -0.4 is 15.4 Å². The van der Waals surface area contributed by atoms with Crippen LogP contribution in [0.25, 0.3) is 11.0 Å². The van der Waals surface area contributed by atoms with E-state index in [-0.39, 0.29) is 11.1 Å². The summed E-state index contributed by atoms with van der Waals surface area (Å²) in [5.74, 6) is 1.35. The highest BCUT2D eigenvalue weighted by Crippen LogP contribution is 2.34. The van der Waals surface area contributed by atoms with E-state index >= 15 is 0 Å². The average molecular weight is 428 g/mol. The molecule has 4 aromatic rings. The number of fused-ring (bicyclic) bond motifs is 1. The number of H-pyrrole nitrogens is 1. The molecule has 0 saturated carbocycles. The van der Waals surface area contributed by atoms with Gasteiger partial charge in [-0.1, -0.05) is 0 Å². The van der Waals surface area contributed by atoms with E-state index in [1.54, 1.807) is 30.3 Å². The van der Waals surface area contributed by atoms with Gasteiger partial charge in [0.15, 0.2) is 0 Å². The zero-order valence-corrected chi connectivity index (χ0v) is 16.7. The molecular weight excluding hydrogens is 409 g/mol. The molecule has 160 valence electrons. The summed E-state index contributed by atoms with van der Waals surface area (Å²) in [4.78, 5) is 15.4. The Labute approximate surface area is 175 Å². The Bertz CT molecular complexity index is 1200. The summed E-state index contributed by atoms with van der Waals surface area (Å²) in [6.45, 7) is 2.03. The number of benzene rings is 2. The zero-order chi connectivity index (χ0) is 22.0. The fraction of sp³-hybridized carbons (Fsp3) is 0.190. The van der Waals surface area contributed by atoms with Gasteiger partial charge in [-0.2, -0.15) is 13.2 Å². The van der Waals surface area contributed by atoms with Gasteiger partial charge in [0.25, 0.3) is 0 Å². The third kappa shape index (κ3) is 4.75. The van der Waals surface area contributed by atoms with Gasteiger partial charge in [0.05, 0.1) is 22.3 Å². The molecule has 0 radical (unpaired) electrons. The Morgan fingerprint density at radius 1 is 1.06 bits per heavy atom. The lowest BCUT2D eigenvalue weighted by molar-refractivity contribution is -0.137. The number of ether oxygens (including phenoxy) is 1. The highest BCUT2D eigenvalue weighted by Gasteiger charge is 2.32. The van der Waals surface area contributed by atoms with E-state index in [9.17, 15) is 13.2 Å². The van der Waals surface area contributed by atoms with Crippen LogP contribution in [0.1, 0.15) is 16.8 Å². The maximum atomic E-state index is 13.1. The molecule has 0 atom stereocenters. The predicted molar refractivity (Wildman–Crippen MR) is 110 cm³/mol. The third-order valence-electron chi connectivity index (χ3n) is 4.53. The molecule has 10 heteroatoms. The number of alkyl halides is 3. The summed E-state index contributed by atoms with van der Waals surface area (Å²) in [5, 5.41) is 6.06. The highest BCUT2D eigenvalue weighted by atomic mass is 19.4. The Kier molecular flexibility index (Phi) is 5.47. The first kappa shape index (κ1) is 20.6. The number of nitrogens with one attached hydrogen (secondary N) is 3. The van der Waals surface area contributed by atoms with Crippen molar-refractivity contribution in [2.24, 2.45) is 0 Å². The predicted octanol–water partition coefficient (Wildman–Crippen LogP) is 4.94. The first-order valence-corrected chi connectivity index (χ1v) is 9.40. The van der Waals surface area contributed by atoms with Crippen LogP contribution in [0, 0.1) is 6.92 Å². The number of nitrogens with zero attached hydrogens (tertiary/aromatic N) is 3. The number of aromatic amines is 1. The summed E-state index contributed by atoms with van der Waals surface area (Å²) < 4.78 is 45.1. The van der Waals surface area contributed by atoms with Crippen molar-refractivity contribution in [1.29, 1.82) is 0 Å². The van der Waals surface area contributed by atoms with Crippen molar-refractivity contribution < 1.29 is 17.9 Å². The van der Waals surface area contributed by atoms with Crippen molar-refractivity contribution in [2.45, 2.75) is 19.6 Å². The standard InChI is InChI=1S/C21H19F3N6O/c1-12-7-17-18(9-16(12)21(22,23)24)30-20(29-17)28-13-3-5-15(6-4-13)31-19-8-14(10-25-2)26-11-27-19/h3-9,11,25H,10H2,1-2H3,(H2,28,29,30). The molecule has 0 amide bonds. The molecule has 0 aliphatic heterocycles. The van der Waals surface area contributed by atoms with Crippen molar-refractivity contribution in [3.8, 4) is 11.6 Å². The van der Waals surface area contributed by atoms with Crippen LogP contribution in [0.4, 0.5) is 24.8 Å². The minimum absolute atomic E-state index is 0.138. The molecule has 4 rings (SSSR count). The molecule has 0 unspecified atom stereocenters. The van der Waals surface area contributed by atoms with Crippen LogP contribution in [0.2, 0.25) is 0 Å². The van der Waals surface area contributed by atoms with Crippen LogP contribution in [0.5, 0.6) is 11.6 Å². The lowest BCUT2D eigenvalue weighted by Gasteiger charge is -2.09. The Morgan fingerprint density at radius 3 is 2.55 bits per heavy atom. The number of hydrogen-bond donors (Lipinski definition) is 3. The molecule has 0 saturated heterocycles. The number of hydrogen-bond acceptors (Lipinski definition) is 6. The maximum Gasteiger partial charge on any atom is 0.416 e. The van der Waals surface area contributed by atoms with Gasteiger partial charge in [0, 0.05) is 18.3 Å². The van der Waals surface area contributed by atoms with E-state index in [1.165, 1.54) is 19.3 Å². The third-order valence-corrected chi connectivity index (χ3v) is 4.53. The monoisotopic (exact) mass is 428 g/mol. The SMILES string of the molecule is CNCc1cc(Oc2ccc(Nc3nc4cc(C(F)(F)F)c(C)cc4[nH]3)cc2)ncn1. The highest BCUT2D eigenvalue weighted by molar-refractivity contribution is 5.80. The molecule has 0 spiro atoms. The van der Waals surface area contributed by atoms with Crippen molar-refractivity contribution in [1.82, 2.24) is 25.3 Å². The van der Waals surface area contributed by atoms with Crippen molar-refractivity contribution in [2.75, 3.05) is 12.4 Å². The maximum absolute atomic E-state index is 13.1. The smallest absolute Gasteiger partial charge is 0.416 e. The fourth-order valence-corrected chi connectivity index (χ4v) is 3.10. The second-order valence-corrected chi connectivity index (χ2v) is 6.90. The molecule has 0 bridgehead atoms. The Balaban J connectivity index is 1.49. The molecule has 0 aliphatic rings. The summed E-state index contributed by atoms with van der Waals surface area (Å²) in [7, 11) is 1.83. The van der Waals surface area contributed by atoms with Crippen molar-refractivity contribution >= 4 is 22.7 Å².